The summed E-state index contributed by atoms with van der Waals surface area (Å²) in [6.07, 6.45) is 1.41. The highest BCUT2D eigenvalue weighted by molar-refractivity contribution is 6.33. The molecule has 0 unspecified atom stereocenters. The summed E-state index contributed by atoms with van der Waals surface area (Å²) in [7, 11) is 5.57. The predicted molar refractivity (Wildman–Crippen MR) is 67.8 cm³/mol. The molecule has 18 heavy (non-hydrogen) atoms. The lowest BCUT2D eigenvalue weighted by Gasteiger charge is -2.08. The first-order valence-electron chi connectivity index (χ1n) is 5.36. The molecule has 2 rings (SSSR count). The molecule has 0 fully saturated rings. The van der Waals surface area contributed by atoms with Gasteiger partial charge in [-0.1, -0.05) is 11.0 Å². The van der Waals surface area contributed by atoms with Crippen LogP contribution in [0.2, 0.25) is 0 Å². The number of rotatable bonds is 2. The Balaban J connectivity index is 2.28. The average molecular weight is 243 g/mol. The van der Waals surface area contributed by atoms with E-state index in [2.05, 4.69) is 15.3 Å². The van der Waals surface area contributed by atoms with Gasteiger partial charge in [-0.05, 0) is 26.0 Å². The van der Waals surface area contributed by atoms with Gasteiger partial charge in [-0.25, -0.2) is 9.37 Å². The van der Waals surface area contributed by atoms with Crippen molar-refractivity contribution in [2.24, 2.45) is 0 Å². The highest BCUT2D eigenvalue weighted by atomic mass is 19.1. The van der Waals surface area contributed by atoms with Gasteiger partial charge >= 0.3 is 0 Å². The number of carbonyl (C=O) groups is 1. The monoisotopic (exact) mass is 243 g/mol. The molecule has 6 heteroatoms. The van der Waals surface area contributed by atoms with E-state index in [1.165, 1.54) is 18.5 Å². The molecule has 2 N–H and O–H groups in total. The molecule has 0 aliphatic rings. The second-order valence-corrected chi connectivity index (χ2v) is 4.02. The lowest BCUT2D eigenvalue weighted by Crippen LogP contribution is -2.17. The Bertz CT molecular complexity index is 609. The van der Waals surface area contributed by atoms with Crippen molar-refractivity contribution in [1.82, 2.24) is 9.97 Å². The molecule has 0 aliphatic heterocycles. The molecular formula is C12H11BFN3O. The highest BCUT2D eigenvalue weighted by Gasteiger charge is 2.14. The lowest BCUT2D eigenvalue weighted by atomic mass is 9.91. The molecule has 4 nitrogen and oxygen atoms in total. The first-order chi connectivity index (χ1) is 8.49. The topological polar surface area (TPSA) is 57.8 Å². The van der Waals surface area contributed by atoms with Gasteiger partial charge in [-0.15, -0.1) is 0 Å². The average Bonchev–Trinajstić information content (AvgIpc) is 2.72. The van der Waals surface area contributed by atoms with Crippen molar-refractivity contribution in [1.29, 1.82) is 0 Å². The molecule has 2 radical (unpaired) electrons. The van der Waals surface area contributed by atoms with E-state index in [0.717, 1.165) is 0 Å². The fourth-order valence-electron chi connectivity index (χ4n) is 1.56. The van der Waals surface area contributed by atoms with Crippen molar-refractivity contribution >= 4 is 24.9 Å². The van der Waals surface area contributed by atoms with Crippen LogP contribution in [0, 0.1) is 19.7 Å². The number of carbonyl (C=O) groups excluding carboxylic acids is 1. The molecule has 1 aromatic heterocycles. The lowest BCUT2D eigenvalue weighted by molar-refractivity contribution is 0.102. The van der Waals surface area contributed by atoms with Crippen molar-refractivity contribution in [3.8, 4) is 0 Å². The number of aryl methyl sites for hydroxylation is 2. The van der Waals surface area contributed by atoms with Gasteiger partial charge in [-0.2, -0.15) is 0 Å². The zero-order valence-electron chi connectivity index (χ0n) is 10.0. The normalized spacial score (nSPS) is 10.4. The van der Waals surface area contributed by atoms with Gasteiger partial charge < -0.3 is 10.3 Å². The smallest absolute Gasteiger partial charge is 0.276 e. The zero-order chi connectivity index (χ0) is 13.3. The van der Waals surface area contributed by atoms with Crippen LogP contribution in [0.15, 0.2) is 18.5 Å². The van der Waals surface area contributed by atoms with E-state index in [4.69, 9.17) is 7.85 Å². The molecule has 1 aromatic carbocycles. The van der Waals surface area contributed by atoms with Crippen LogP contribution in [-0.4, -0.2) is 23.7 Å². The molecule has 0 bridgehead atoms. The summed E-state index contributed by atoms with van der Waals surface area (Å²) in [6, 6.07) is 2.67. The van der Waals surface area contributed by atoms with Crippen LogP contribution >= 0.6 is 0 Å². The maximum Gasteiger partial charge on any atom is 0.276 e. The number of halogens is 1. The number of hydrogen-bond donors (Lipinski definition) is 2. The number of H-pyrrole nitrogens is 1. The van der Waals surface area contributed by atoms with Crippen molar-refractivity contribution in [2.75, 3.05) is 5.32 Å². The SMILES string of the molecule is [B]c1cc(F)c(NC(=O)c2nc[nH]c2C)cc1C. The van der Waals surface area contributed by atoms with Crippen molar-refractivity contribution < 1.29 is 9.18 Å². The van der Waals surface area contributed by atoms with Crippen LogP contribution in [-0.2, 0) is 0 Å². The molecule has 1 amide bonds. The summed E-state index contributed by atoms with van der Waals surface area (Å²) in [6.45, 7) is 3.46. The molecule has 0 saturated carbocycles. The largest absolute Gasteiger partial charge is 0.348 e. The van der Waals surface area contributed by atoms with E-state index in [0.29, 0.717) is 16.7 Å². The number of aromatic nitrogens is 2. The Morgan fingerprint density at radius 2 is 2.17 bits per heavy atom. The number of amides is 1. The van der Waals surface area contributed by atoms with E-state index < -0.39 is 11.7 Å². The minimum atomic E-state index is -0.570. The highest BCUT2D eigenvalue weighted by Crippen LogP contribution is 2.15. The third kappa shape index (κ3) is 2.27. The van der Waals surface area contributed by atoms with Crippen molar-refractivity contribution in [3.63, 3.8) is 0 Å². The van der Waals surface area contributed by atoms with Gasteiger partial charge in [0.15, 0.2) is 0 Å². The first-order valence-corrected chi connectivity index (χ1v) is 5.36. The van der Waals surface area contributed by atoms with Crippen LogP contribution < -0.4 is 10.8 Å². The Labute approximate surface area is 105 Å². The van der Waals surface area contributed by atoms with Gasteiger partial charge in [0.1, 0.15) is 19.4 Å². The maximum atomic E-state index is 13.6. The Morgan fingerprint density at radius 1 is 1.44 bits per heavy atom. The summed E-state index contributed by atoms with van der Waals surface area (Å²) < 4.78 is 13.6. The number of hydrogen-bond acceptors (Lipinski definition) is 2. The number of nitrogens with zero attached hydrogens (tertiary/aromatic N) is 1. The van der Waals surface area contributed by atoms with Crippen LogP contribution in [0.1, 0.15) is 21.7 Å². The number of aromatic amines is 1. The number of anilines is 1. The molecular weight excluding hydrogens is 232 g/mol. The fourth-order valence-corrected chi connectivity index (χ4v) is 1.56. The van der Waals surface area contributed by atoms with E-state index >= 15 is 0 Å². The molecule has 0 saturated heterocycles. The first kappa shape index (κ1) is 12.4. The van der Waals surface area contributed by atoms with Gasteiger partial charge in [0.2, 0.25) is 0 Å². The van der Waals surface area contributed by atoms with Gasteiger partial charge in [0.05, 0.1) is 12.0 Å². The number of imidazole rings is 1. The van der Waals surface area contributed by atoms with Crippen LogP contribution in [0.3, 0.4) is 0 Å². The van der Waals surface area contributed by atoms with Gasteiger partial charge in [0.25, 0.3) is 5.91 Å². The van der Waals surface area contributed by atoms with Gasteiger partial charge in [-0.3, -0.25) is 4.79 Å². The minimum Gasteiger partial charge on any atom is -0.348 e. The molecule has 90 valence electrons. The molecule has 0 aliphatic carbocycles. The molecule has 2 aromatic rings. The Hall–Kier alpha value is -2.11. The summed E-state index contributed by atoms with van der Waals surface area (Å²) in [5.74, 6) is -1.03. The third-order valence-corrected chi connectivity index (χ3v) is 2.65. The second-order valence-electron chi connectivity index (χ2n) is 4.02. The van der Waals surface area contributed by atoms with Crippen molar-refractivity contribution in [3.05, 3.63) is 41.2 Å². The molecule has 0 atom stereocenters. The van der Waals surface area contributed by atoms with E-state index in [-0.39, 0.29) is 11.4 Å². The number of benzene rings is 1. The predicted octanol–water partition coefficient (Wildman–Crippen LogP) is 1.21. The maximum absolute atomic E-state index is 13.6. The summed E-state index contributed by atoms with van der Waals surface area (Å²) in [5, 5.41) is 2.47. The van der Waals surface area contributed by atoms with E-state index in [1.54, 1.807) is 13.8 Å². The summed E-state index contributed by atoms with van der Waals surface area (Å²) >= 11 is 0. The second kappa shape index (κ2) is 4.64. The standard InChI is InChI=1S/C12H11BFN3O/c1-6-3-10(9(14)4-8(6)13)17-12(18)11-7(2)15-5-16-11/h3-5H,1-2H3,(H,15,16)(H,17,18). The van der Waals surface area contributed by atoms with Crippen LogP contribution in [0.4, 0.5) is 10.1 Å². The van der Waals surface area contributed by atoms with Crippen LogP contribution in [0.5, 0.6) is 0 Å². The zero-order valence-corrected chi connectivity index (χ0v) is 10.0. The van der Waals surface area contributed by atoms with Gasteiger partial charge in [0, 0.05) is 5.69 Å². The quantitative estimate of drug-likeness (QED) is 0.779. The number of nitrogens with one attached hydrogen (secondary N) is 2. The van der Waals surface area contributed by atoms with E-state index in [1.807, 2.05) is 0 Å². The third-order valence-electron chi connectivity index (χ3n) is 2.65. The Kier molecular flexibility index (Phi) is 3.18. The summed E-state index contributed by atoms with van der Waals surface area (Å²) in [5.41, 5.74) is 2.00. The molecule has 0 spiro atoms. The van der Waals surface area contributed by atoms with E-state index in [9.17, 15) is 9.18 Å². The molecule has 1 heterocycles. The van der Waals surface area contributed by atoms with Crippen LogP contribution in [0.25, 0.3) is 0 Å². The Morgan fingerprint density at radius 3 is 2.78 bits per heavy atom. The van der Waals surface area contributed by atoms with Crippen molar-refractivity contribution in [2.45, 2.75) is 13.8 Å². The summed E-state index contributed by atoms with van der Waals surface area (Å²) in [4.78, 5) is 18.5. The fraction of sp³-hybridized carbons (Fsp3) is 0.167. The minimum absolute atomic E-state index is 0.0918.